The van der Waals surface area contributed by atoms with Crippen molar-refractivity contribution in [3.63, 3.8) is 0 Å². The number of guanidine groups is 1. The molecule has 0 aliphatic rings. The number of hydrogen-bond acceptors (Lipinski definition) is 2. The lowest BCUT2D eigenvalue weighted by molar-refractivity contribution is 0.457. The van der Waals surface area contributed by atoms with Crippen LogP contribution in [0.5, 0.6) is 0 Å². The number of rotatable bonds is 5. The highest BCUT2D eigenvalue weighted by molar-refractivity contribution is 5.79. The van der Waals surface area contributed by atoms with E-state index in [9.17, 15) is 0 Å². The second-order valence-electron chi connectivity index (χ2n) is 4.71. The summed E-state index contributed by atoms with van der Waals surface area (Å²) in [7, 11) is 5.89. The third-order valence-corrected chi connectivity index (χ3v) is 3.21. The van der Waals surface area contributed by atoms with E-state index in [4.69, 9.17) is 0 Å². The van der Waals surface area contributed by atoms with Crippen LogP contribution in [0.2, 0.25) is 0 Å². The van der Waals surface area contributed by atoms with Crippen molar-refractivity contribution in [1.82, 2.24) is 24.6 Å². The monoisotopic (exact) mass is 274 g/mol. The molecule has 2 rings (SSSR count). The molecule has 6 heteroatoms. The summed E-state index contributed by atoms with van der Waals surface area (Å²) in [6, 6.07) is 6.10. The van der Waals surface area contributed by atoms with E-state index in [1.165, 1.54) is 5.69 Å². The van der Waals surface area contributed by atoms with Crippen LogP contribution in [0.3, 0.4) is 0 Å². The van der Waals surface area contributed by atoms with Crippen molar-refractivity contribution in [3.05, 3.63) is 42.5 Å². The Morgan fingerprint density at radius 1 is 1.40 bits per heavy atom. The lowest BCUT2D eigenvalue weighted by atomic mass is 10.4. The topological polar surface area (TPSA) is 50.4 Å². The van der Waals surface area contributed by atoms with Gasteiger partial charge in [-0.2, -0.15) is 5.10 Å². The molecule has 2 aromatic rings. The predicted octanol–water partition coefficient (Wildman–Crippen LogP) is 0.929. The van der Waals surface area contributed by atoms with E-state index < -0.39 is 0 Å². The third-order valence-electron chi connectivity index (χ3n) is 3.21. The zero-order chi connectivity index (χ0) is 14.4. The van der Waals surface area contributed by atoms with Crippen molar-refractivity contribution >= 4 is 5.96 Å². The van der Waals surface area contributed by atoms with E-state index in [0.717, 1.165) is 25.6 Å². The highest BCUT2D eigenvalue weighted by atomic mass is 15.3. The zero-order valence-electron chi connectivity index (χ0n) is 12.3. The van der Waals surface area contributed by atoms with E-state index in [-0.39, 0.29) is 0 Å². The summed E-state index contributed by atoms with van der Waals surface area (Å²) in [6.07, 6.45) is 5.80. The maximum absolute atomic E-state index is 4.31. The molecule has 0 aliphatic heterocycles. The van der Waals surface area contributed by atoms with Crippen molar-refractivity contribution in [3.8, 4) is 0 Å². The van der Waals surface area contributed by atoms with E-state index in [0.29, 0.717) is 0 Å². The van der Waals surface area contributed by atoms with Crippen LogP contribution in [0.15, 0.2) is 41.8 Å². The summed E-state index contributed by atoms with van der Waals surface area (Å²) < 4.78 is 4.02. The summed E-state index contributed by atoms with van der Waals surface area (Å²) in [6.45, 7) is 2.45. The minimum atomic E-state index is 0.797. The molecule has 0 unspecified atom stereocenters. The molecule has 108 valence electrons. The molecule has 1 N–H and O–H groups in total. The Morgan fingerprint density at radius 3 is 2.85 bits per heavy atom. The summed E-state index contributed by atoms with van der Waals surface area (Å²) >= 11 is 0. The molecule has 0 amide bonds. The standard InChI is InChI=1S/C14H22N6/c1-15-14(16-8-11-20-10-5-7-17-20)19(3)12-13-6-4-9-18(13)2/h4-7,9-10H,8,11-12H2,1-3H3,(H,15,16). The van der Waals surface area contributed by atoms with Crippen molar-refractivity contribution in [1.29, 1.82) is 0 Å². The molecule has 20 heavy (non-hydrogen) atoms. The molecule has 0 aliphatic carbocycles. The largest absolute Gasteiger partial charge is 0.354 e. The van der Waals surface area contributed by atoms with Gasteiger partial charge in [0.2, 0.25) is 0 Å². The minimum Gasteiger partial charge on any atom is -0.354 e. The Bertz CT molecular complexity index is 540. The first-order chi connectivity index (χ1) is 9.70. The van der Waals surface area contributed by atoms with Gasteiger partial charge in [0.15, 0.2) is 5.96 Å². The SMILES string of the molecule is CN=C(NCCn1cccn1)N(C)Cc1cccn1C. The summed E-state index contributed by atoms with van der Waals surface area (Å²) in [5, 5.41) is 7.52. The second kappa shape index (κ2) is 6.79. The van der Waals surface area contributed by atoms with Gasteiger partial charge in [-0.1, -0.05) is 0 Å². The Hall–Kier alpha value is -2.24. The third kappa shape index (κ3) is 3.63. The molecular formula is C14H22N6. The first-order valence-electron chi connectivity index (χ1n) is 6.70. The quantitative estimate of drug-likeness (QED) is 0.652. The Morgan fingerprint density at radius 2 is 2.25 bits per heavy atom. The maximum atomic E-state index is 4.31. The molecule has 0 spiro atoms. The summed E-state index contributed by atoms with van der Waals surface area (Å²) in [5.74, 6) is 0.887. The van der Waals surface area contributed by atoms with Crippen LogP contribution in [0.4, 0.5) is 0 Å². The second-order valence-corrected chi connectivity index (χ2v) is 4.71. The molecule has 0 saturated heterocycles. The lowest BCUT2D eigenvalue weighted by Gasteiger charge is -2.22. The van der Waals surface area contributed by atoms with Crippen LogP contribution in [0, 0.1) is 0 Å². The average Bonchev–Trinajstić information content (AvgIpc) is 3.07. The predicted molar refractivity (Wildman–Crippen MR) is 80.5 cm³/mol. The van der Waals surface area contributed by atoms with Gasteiger partial charge in [-0.3, -0.25) is 9.67 Å². The number of hydrogen-bond donors (Lipinski definition) is 1. The Balaban J connectivity index is 1.83. The normalized spacial score (nSPS) is 11.7. The van der Waals surface area contributed by atoms with Gasteiger partial charge >= 0.3 is 0 Å². The van der Waals surface area contributed by atoms with Gasteiger partial charge in [-0.15, -0.1) is 0 Å². The molecule has 0 saturated carbocycles. The lowest BCUT2D eigenvalue weighted by Crippen LogP contribution is -2.40. The zero-order valence-corrected chi connectivity index (χ0v) is 12.3. The molecule has 2 aromatic heterocycles. The van der Waals surface area contributed by atoms with E-state index in [1.807, 2.05) is 24.0 Å². The molecule has 0 radical (unpaired) electrons. The minimum absolute atomic E-state index is 0.797. The van der Waals surface area contributed by atoms with Gasteiger partial charge in [-0.05, 0) is 18.2 Å². The number of nitrogens with one attached hydrogen (secondary N) is 1. The van der Waals surface area contributed by atoms with Gasteiger partial charge in [0, 0.05) is 52.0 Å². The van der Waals surface area contributed by atoms with Crippen LogP contribution in [0.1, 0.15) is 5.69 Å². The number of aromatic nitrogens is 3. The molecule has 6 nitrogen and oxygen atoms in total. The molecule has 2 heterocycles. The van der Waals surface area contributed by atoms with Crippen LogP contribution >= 0.6 is 0 Å². The fourth-order valence-electron chi connectivity index (χ4n) is 2.08. The first kappa shape index (κ1) is 14.2. The maximum Gasteiger partial charge on any atom is 0.193 e. The van der Waals surface area contributed by atoms with Gasteiger partial charge < -0.3 is 14.8 Å². The van der Waals surface area contributed by atoms with Crippen LogP contribution < -0.4 is 5.32 Å². The summed E-state index contributed by atoms with van der Waals surface area (Å²) in [5.41, 5.74) is 1.25. The van der Waals surface area contributed by atoms with Crippen LogP contribution in [-0.4, -0.2) is 45.8 Å². The molecular weight excluding hydrogens is 252 g/mol. The highest BCUT2D eigenvalue weighted by Crippen LogP contribution is 2.03. The fraction of sp³-hybridized carbons (Fsp3) is 0.429. The molecule has 0 atom stereocenters. The number of aliphatic imine (C=N–C) groups is 1. The molecule has 0 aromatic carbocycles. The first-order valence-corrected chi connectivity index (χ1v) is 6.70. The number of nitrogens with zero attached hydrogens (tertiary/aromatic N) is 5. The van der Waals surface area contributed by atoms with E-state index in [1.54, 1.807) is 13.2 Å². The van der Waals surface area contributed by atoms with Gasteiger partial charge in [0.1, 0.15) is 0 Å². The van der Waals surface area contributed by atoms with Crippen molar-refractivity contribution in [2.75, 3.05) is 20.6 Å². The van der Waals surface area contributed by atoms with Gasteiger partial charge in [0.05, 0.1) is 13.1 Å². The van der Waals surface area contributed by atoms with Crippen molar-refractivity contribution in [2.45, 2.75) is 13.1 Å². The van der Waals surface area contributed by atoms with Crippen LogP contribution in [-0.2, 0) is 20.1 Å². The van der Waals surface area contributed by atoms with Gasteiger partial charge in [0.25, 0.3) is 0 Å². The summed E-state index contributed by atoms with van der Waals surface area (Å²) in [4.78, 5) is 6.42. The number of aryl methyl sites for hydroxylation is 1. The molecule has 0 fully saturated rings. The highest BCUT2D eigenvalue weighted by Gasteiger charge is 2.07. The smallest absolute Gasteiger partial charge is 0.193 e. The Kier molecular flexibility index (Phi) is 4.81. The van der Waals surface area contributed by atoms with Gasteiger partial charge in [-0.25, -0.2) is 0 Å². The van der Waals surface area contributed by atoms with Crippen molar-refractivity contribution in [2.24, 2.45) is 12.0 Å². The van der Waals surface area contributed by atoms with E-state index >= 15 is 0 Å². The van der Waals surface area contributed by atoms with Crippen molar-refractivity contribution < 1.29 is 0 Å². The Labute approximate surface area is 119 Å². The average molecular weight is 274 g/mol. The fourth-order valence-corrected chi connectivity index (χ4v) is 2.08. The molecule has 0 bridgehead atoms. The van der Waals surface area contributed by atoms with E-state index in [2.05, 4.69) is 50.3 Å². The van der Waals surface area contributed by atoms with Crippen LogP contribution in [0.25, 0.3) is 0 Å².